The Hall–Kier alpha value is -1.42. The maximum atomic E-state index is 3.99. The van der Waals surface area contributed by atoms with Crippen molar-refractivity contribution < 1.29 is 0 Å². The number of aromatic amines is 1. The van der Waals surface area contributed by atoms with Crippen molar-refractivity contribution in [2.24, 2.45) is 0 Å². The van der Waals surface area contributed by atoms with Gasteiger partial charge in [-0.1, -0.05) is 12.8 Å². The van der Waals surface area contributed by atoms with Crippen LogP contribution in [0.15, 0.2) is 41.4 Å². The largest absolute Gasteiger partial charge is 0.377 e. The summed E-state index contributed by atoms with van der Waals surface area (Å²) >= 11 is 2.03. The second-order valence-corrected chi connectivity index (χ2v) is 6.80. The number of benzene rings is 1. The molecule has 0 saturated heterocycles. The van der Waals surface area contributed by atoms with Crippen LogP contribution >= 0.6 is 11.8 Å². The van der Waals surface area contributed by atoms with Gasteiger partial charge >= 0.3 is 0 Å². The Kier molecular flexibility index (Phi) is 4.31. The molecule has 3 nitrogen and oxygen atoms in total. The van der Waals surface area contributed by atoms with E-state index in [0.717, 1.165) is 16.6 Å². The van der Waals surface area contributed by atoms with Crippen molar-refractivity contribution in [3.05, 3.63) is 42.2 Å². The molecule has 1 fully saturated rings. The first kappa shape index (κ1) is 13.6. The molecule has 106 valence electrons. The summed E-state index contributed by atoms with van der Waals surface area (Å²) in [6.07, 6.45) is 7.34. The van der Waals surface area contributed by atoms with Gasteiger partial charge in [0.05, 0.1) is 11.7 Å². The molecule has 4 heteroatoms. The number of hydrogen-bond donors (Lipinski definition) is 2. The standard InChI is InChI=1S/C16H21N3S/c1-12(16-10-11-17-19-16)18-13-6-8-15(9-7-13)20-14-4-2-3-5-14/h6-12,14,18H,2-5H2,1H3,(H,17,19). The van der Waals surface area contributed by atoms with E-state index < -0.39 is 0 Å². The maximum absolute atomic E-state index is 3.99. The highest BCUT2D eigenvalue weighted by atomic mass is 32.2. The first-order chi connectivity index (χ1) is 9.81. The summed E-state index contributed by atoms with van der Waals surface area (Å²) in [5.41, 5.74) is 2.26. The first-order valence-electron chi connectivity index (χ1n) is 7.34. The van der Waals surface area contributed by atoms with Crippen LogP contribution in [0.4, 0.5) is 5.69 Å². The second-order valence-electron chi connectivity index (χ2n) is 5.43. The van der Waals surface area contributed by atoms with Crippen LogP contribution in [0.3, 0.4) is 0 Å². The van der Waals surface area contributed by atoms with E-state index in [-0.39, 0.29) is 6.04 Å². The zero-order chi connectivity index (χ0) is 13.8. The predicted octanol–water partition coefficient (Wildman–Crippen LogP) is 4.62. The number of nitrogens with zero attached hydrogens (tertiary/aromatic N) is 1. The molecule has 1 aromatic heterocycles. The van der Waals surface area contributed by atoms with Crippen LogP contribution in [-0.4, -0.2) is 15.4 Å². The van der Waals surface area contributed by atoms with E-state index in [2.05, 4.69) is 46.7 Å². The molecule has 0 aliphatic heterocycles. The third kappa shape index (κ3) is 3.37. The average Bonchev–Trinajstić information content (AvgIpc) is 3.13. The molecule has 1 saturated carbocycles. The van der Waals surface area contributed by atoms with Crippen LogP contribution in [0, 0.1) is 0 Å². The highest BCUT2D eigenvalue weighted by Crippen LogP contribution is 2.35. The highest BCUT2D eigenvalue weighted by molar-refractivity contribution is 8.00. The third-order valence-electron chi connectivity index (χ3n) is 3.83. The zero-order valence-corrected chi connectivity index (χ0v) is 12.6. The van der Waals surface area contributed by atoms with Gasteiger partial charge in [0.15, 0.2) is 0 Å². The summed E-state index contributed by atoms with van der Waals surface area (Å²) in [4.78, 5) is 1.39. The van der Waals surface area contributed by atoms with Gasteiger partial charge in [0, 0.05) is 22.0 Å². The lowest BCUT2D eigenvalue weighted by Gasteiger charge is -2.14. The minimum Gasteiger partial charge on any atom is -0.377 e. The van der Waals surface area contributed by atoms with Crippen molar-refractivity contribution in [2.45, 2.75) is 48.8 Å². The maximum Gasteiger partial charge on any atom is 0.0651 e. The number of aromatic nitrogens is 2. The van der Waals surface area contributed by atoms with Crippen LogP contribution < -0.4 is 5.32 Å². The van der Waals surface area contributed by atoms with Gasteiger partial charge in [-0.15, -0.1) is 11.8 Å². The Bertz CT molecular complexity index is 515. The van der Waals surface area contributed by atoms with E-state index in [9.17, 15) is 0 Å². The van der Waals surface area contributed by atoms with Crippen LogP contribution in [0.2, 0.25) is 0 Å². The number of anilines is 1. The number of hydrogen-bond acceptors (Lipinski definition) is 3. The monoisotopic (exact) mass is 287 g/mol. The minimum absolute atomic E-state index is 0.242. The summed E-state index contributed by atoms with van der Waals surface area (Å²) < 4.78 is 0. The van der Waals surface area contributed by atoms with Gasteiger partial charge in [-0.25, -0.2) is 0 Å². The Morgan fingerprint density at radius 1 is 1.20 bits per heavy atom. The summed E-state index contributed by atoms with van der Waals surface area (Å²) in [5.74, 6) is 0. The Morgan fingerprint density at radius 3 is 2.60 bits per heavy atom. The van der Waals surface area contributed by atoms with E-state index in [0.29, 0.717) is 0 Å². The van der Waals surface area contributed by atoms with Gasteiger partial charge in [0.1, 0.15) is 0 Å². The fraction of sp³-hybridized carbons (Fsp3) is 0.438. The molecule has 1 aliphatic rings. The van der Waals surface area contributed by atoms with E-state index in [1.54, 1.807) is 6.20 Å². The molecule has 2 aromatic rings. The van der Waals surface area contributed by atoms with Crippen LogP contribution in [0.1, 0.15) is 44.3 Å². The summed E-state index contributed by atoms with van der Waals surface area (Å²) in [6, 6.07) is 11.0. The molecular weight excluding hydrogens is 266 g/mol. The molecule has 1 unspecified atom stereocenters. The summed E-state index contributed by atoms with van der Waals surface area (Å²) in [5, 5.41) is 11.3. The number of H-pyrrole nitrogens is 1. The molecule has 0 bridgehead atoms. The third-order valence-corrected chi connectivity index (χ3v) is 5.18. The molecule has 1 heterocycles. The second kappa shape index (κ2) is 6.35. The van der Waals surface area contributed by atoms with E-state index in [4.69, 9.17) is 0 Å². The normalized spacial score (nSPS) is 17.2. The molecule has 20 heavy (non-hydrogen) atoms. The number of nitrogens with one attached hydrogen (secondary N) is 2. The quantitative estimate of drug-likeness (QED) is 0.843. The number of thioether (sulfide) groups is 1. The highest BCUT2D eigenvalue weighted by Gasteiger charge is 2.16. The molecular formula is C16H21N3S. The van der Waals surface area contributed by atoms with Crippen molar-refractivity contribution in [3.63, 3.8) is 0 Å². The van der Waals surface area contributed by atoms with Gasteiger partial charge in [-0.05, 0) is 50.1 Å². The van der Waals surface area contributed by atoms with Crippen molar-refractivity contribution in [1.82, 2.24) is 10.2 Å². The van der Waals surface area contributed by atoms with E-state index >= 15 is 0 Å². The summed E-state index contributed by atoms with van der Waals surface area (Å²) in [6.45, 7) is 2.13. The summed E-state index contributed by atoms with van der Waals surface area (Å²) in [7, 11) is 0. The Labute approximate surface area is 124 Å². The van der Waals surface area contributed by atoms with Crippen molar-refractivity contribution in [2.75, 3.05) is 5.32 Å². The molecule has 0 spiro atoms. The lowest BCUT2D eigenvalue weighted by atomic mass is 10.2. The fourth-order valence-corrected chi connectivity index (χ4v) is 3.91. The fourth-order valence-electron chi connectivity index (χ4n) is 2.66. The molecule has 1 aromatic carbocycles. The van der Waals surface area contributed by atoms with Gasteiger partial charge in [0.25, 0.3) is 0 Å². The molecule has 0 amide bonds. The molecule has 1 atom stereocenters. The smallest absolute Gasteiger partial charge is 0.0651 e. The SMILES string of the molecule is CC(Nc1ccc(SC2CCCC2)cc1)c1ccn[nH]1. The molecule has 3 rings (SSSR count). The van der Waals surface area contributed by atoms with Gasteiger partial charge in [0.2, 0.25) is 0 Å². The van der Waals surface area contributed by atoms with E-state index in [1.807, 2.05) is 17.8 Å². The Balaban J connectivity index is 1.58. The molecule has 2 N–H and O–H groups in total. The van der Waals surface area contributed by atoms with Crippen molar-refractivity contribution in [1.29, 1.82) is 0 Å². The average molecular weight is 287 g/mol. The van der Waals surface area contributed by atoms with Crippen molar-refractivity contribution >= 4 is 17.4 Å². The predicted molar refractivity (Wildman–Crippen MR) is 85.2 cm³/mol. The number of rotatable bonds is 5. The molecule has 0 radical (unpaired) electrons. The molecule has 1 aliphatic carbocycles. The van der Waals surface area contributed by atoms with Gasteiger partial charge in [-0.3, -0.25) is 5.10 Å². The lowest BCUT2D eigenvalue weighted by molar-refractivity contribution is 0.825. The minimum atomic E-state index is 0.242. The van der Waals surface area contributed by atoms with Gasteiger partial charge < -0.3 is 5.32 Å². The van der Waals surface area contributed by atoms with Gasteiger partial charge in [-0.2, -0.15) is 5.10 Å². The lowest BCUT2D eigenvalue weighted by Crippen LogP contribution is -2.06. The zero-order valence-electron chi connectivity index (χ0n) is 11.8. The Morgan fingerprint density at radius 2 is 1.95 bits per heavy atom. The first-order valence-corrected chi connectivity index (χ1v) is 8.22. The van der Waals surface area contributed by atoms with Crippen molar-refractivity contribution in [3.8, 4) is 0 Å². The topological polar surface area (TPSA) is 40.7 Å². The van der Waals surface area contributed by atoms with E-state index in [1.165, 1.54) is 30.6 Å². The van der Waals surface area contributed by atoms with Crippen LogP contribution in [0.25, 0.3) is 0 Å². The van der Waals surface area contributed by atoms with Crippen LogP contribution in [0.5, 0.6) is 0 Å². The van der Waals surface area contributed by atoms with Crippen LogP contribution in [-0.2, 0) is 0 Å².